The van der Waals surface area contributed by atoms with E-state index in [1.807, 2.05) is 12.3 Å². The van der Waals surface area contributed by atoms with Gasteiger partial charge in [0.25, 0.3) is 5.56 Å². The minimum Gasteiger partial charge on any atom is -0.308 e. The Morgan fingerprint density at radius 2 is 2.40 bits per heavy atom. The van der Waals surface area contributed by atoms with Crippen molar-refractivity contribution in [2.45, 2.75) is 13.5 Å². The van der Waals surface area contributed by atoms with Crippen LogP contribution in [0.1, 0.15) is 10.6 Å². The maximum atomic E-state index is 11.6. The van der Waals surface area contributed by atoms with Gasteiger partial charge in [0.1, 0.15) is 5.01 Å². The molecule has 0 aliphatic rings. The van der Waals surface area contributed by atoms with E-state index in [9.17, 15) is 4.79 Å². The Morgan fingerprint density at radius 1 is 1.60 bits per heavy atom. The van der Waals surface area contributed by atoms with Crippen LogP contribution in [-0.2, 0) is 6.54 Å². The molecule has 0 saturated heterocycles. The van der Waals surface area contributed by atoms with Gasteiger partial charge in [-0.05, 0) is 28.4 Å². The lowest BCUT2D eigenvalue weighted by Gasteiger charge is -2.05. The SMILES string of the molecule is Cc1cc(=O)n(Cc2nccs2)cc1Br. The van der Waals surface area contributed by atoms with Crippen LogP contribution in [0.15, 0.2) is 33.1 Å². The number of pyridine rings is 1. The molecule has 2 heterocycles. The number of hydrogen-bond donors (Lipinski definition) is 0. The number of thiazole rings is 1. The summed E-state index contributed by atoms with van der Waals surface area (Å²) in [6.07, 6.45) is 3.55. The monoisotopic (exact) mass is 284 g/mol. The summed E-state index contributed by atoms with van der Waals surface area (Å²) >= 11 is 4.96. The van der Waals surface area contributed by atoms with E-state index in [2.05, 4.69) is 20.9 Å². The average molecular weight is 285 g/mol. The molecule has 0 aliphatic heterocycles. The van der Waals surface area contributed by atoms with Gasteiger partial charge in [-0.1, -0.05) is 0 Å². The fourth-order valence-corrected chi connectivity index (χ4v) is 2.22. The molecule has 0 spiro atoms. The van der Waals surface area contributed by atoms with E-state index >= 15 is 0 Å². The first-order valence-corrected chi connectivity index (χ1v) is 6.09. The zero-order valence-corrected chi connectivity index (χ0v) is 10.5. The first-order valence-electron chi connectivity index (χ1n) is 4.42. The largest absolute Gasteiger partial charge is 0.308 e. The highest BCUT2D eigenvalue weighted by Gasteiger charge is 2.03. The lowest BCUT2D eigenvalue weighted by atomic mass is 10.3. The van der Waals surface area contributed by atoms with Gasteiger partial charge < -0.3 is 4.57 Å². The summed E-state index contributed by atoms with van der Waals surface area (Å²) in [5.74, 6) is 0. The minimum absolute atomic E-state index is 0.00546. The highest BCUT2D eigenvalue weighted by Crippen LogP contribution is 2.13. The first kappa shape index (κ1) is 10.6. The van der Waals surface area contributed by atoms with Gasteiger partial charge in [-0.3, -0.25) is 4.79 Å². The van der Waals surface area contributed by atoms with Gasteiger partial charge in [-0.25, -0.2) is 4.98 Å². The molecule has 0 unspecified atom stereocenters. The molecule has 0 N–H and O–H groups in total. The fourth-order valence-electron chi connectivity index (χ4n) is 1.24. The van der Waals surface area contributed by atoms with Crippen molar-refractivity contribution >= 4 is 27.3 Å². The summed E-state index contributed by atoms with van der Waals surface area (Å²) in [6.45, 7) is 2.44. The second-order valence-corrected chi connectivity index (χ2v) is 5.03. The Balaban J connectivity index is 2.37. The van der Waals surface area contributed by atoms with Crippen molar-refractivity contribution in [3.05, 3.63) is 49.2 Å². The zero-order valence-electron chi connectivity index (χ0n) is 8.11. The van der Waals surface area contributed by atoms with Gasteiger partial charge in [0.2, 0.25) is 0 Å². The molecular formula is C10H9BrN2OS. The van der Waals surface area contributed by atoms with Crippen LogP contribution < -0.4 is 5.56 Å². The number of halogens is 1. The predicted octanol–water partition coefficient (Wildman–Crippen LogP) is 2.42. The predicted molar refractivity (Wildman–Crippen MR) is 64.4 cm³/mol. The molecule has 0 saturated carbocycles. The maximum Gasteiger partial charge on any atom is 0.251 e. The molecule has 15 heavy (non-hydrogen) atoms. The van der Waals surface area contributed by atoms with Gasteiger partial charge in [-0.2, -0.15) is 0 Å². The normalized spacial score (nSPS) is 10.5. The molecule has 0 amide bonds. The second kappa shape index (κ2) is 4.28. The Kier molecular flexibility index (Phi) is 3.02. The Morgan fingerprint density at radius 3 is 3.07 bits per heavy atom. The van der Waals surface area contributed by atoms with E-state index in [1.54, 1.807) is 34.4 Å². The molecule has 0 aromatic carbocycles. The van der Waals surface area contributed by atoms with E-state index in [-0.39, 0.29) is 5.56 Å². The van der Waals surface area contributed by atoms with Crippen LogP contribution in [0.5, 0.6) is 0 Å². The smallest absolute Gasteiger partial charge is 0.251 e. The summed E-state index contributed by atoms with van der Waals surface area (Å²) in [4.78, 5) is 15.8. The molecule has 78 valence electrons. The minimum atomic E-state index is 0.00546. The van der Waals surface area contributed by atoms with Gasteiger partial charge >= 0.3 is 0 Å². The molecule has 0 aliphatic carbocycles. The van der Waals surface area contributed by atoms with E-state index in [0.717, 1.165) is 15.0 Å². The standard InChI is InChI=1S/C10H9BrN2OS/c1-7-4-10(14)13(5-8(7)11)6-9-12-2-3-15-9/h2-5H,6H2,1H3. The van der Waals surface area contributed by atoms with Crippen molar-refractivity contribution in [1.29, 1.82) is 0 Å². The first-order chi connectivity index (χ1) is 7.16. The quantitative estimate of drug-likeness (QED) is 0.849. The van der Waals surface area contributed by atoms with Crippen molar-refractivity contribution in [2.24, 2.45) is 0 Å². The highest BCUT2D eigenvalue weighted by molar-refractivity contribution is 9.10. The van der Waals surface area contributed by atoms with E-state index < -0.39 is 0 Å². The highest BCUT2D eigenvalue weighted by atomic mass is 79.9. The lowest BCUT2D eigenvalue weighted by molar-refractivity contribution is 0.748. The fraction of sp³-hybridized carbons (Fsp3) is 0.200. The molecular weight excluding hydrogens is 276 g/mol. The molecule has 2 rings (SSSR count). The number of hydrogen-bond acceptors (Lipinski definition) is 3. The van der Waals surface area contributed by atoms with Crippen LogP contribution in [-0.4, -0.2) is 9.55 Å². The zero-order chi connectivity index (χ0) is 10.8. The topological polar surface area (TPSA) is 34.9 Å². The second-order valence-electron chi connectivity index (χ2n) is 3.20. The molecule has 3 nitrogen and oxygen atoms in total. The maximum absolute atomic E-state index is 11.6. The Bertz CT molecular complexity index is 519. The van der Waals surface area contributed by atoms with E-state index in [1.165, 1.54) is 0 Å². The van der Waals surface area contributed by atoms with Gasteiger partial charge in [-0.15, -0.1) is 11.3 Å². The van der Waals surface area contributed by atoms with Crippen molar-refractivity contribution in [3.8, 4) is 0 Å². The summed E-state index contributed by atoms with van der Waals surface area (Å²) < 4.78 is 2.59. The molecule has 2 aromatic rings. The third kappa shape index (κ3) is 2.35. The van der Waals surface area contributed by atoms with Gasteiger partial charge in [0.15, 0.2) is 0 Å². The Hall–Kier alpha value is -0.940. The van der Waals surface area contributed by atoms with E-state index in [4.69, 9.17) is 0 Å². The van der Waals surface area contributed by atoms with Crippen molar-refractivity contribution < 1.29 is 0 Å². The van der Waals surface area contributed by atoms with Crippen LogP contribution in [0.4, 0.5) is 0 Å². The number of aromatic nitrogens is 2. The van der Waals surface area contributed by atoms with Crippen LogP contribution in [0.25, 0.3) is 0 Å². The van der Waals surface area contributed by atoms with Crippen LogP contribution in [0.3, 0.4) is 0 Å². The van der Waals surface area contributed by atoms with Crippen LogP contribution in [0, 0.1) is 6.92 Å². The summed E-state index contributed by atoms with van der Waals surface area (Å²) in [6, 6.07) is 1.62. The molecule has 0 radical (unpaired) electrons. The van der Waals surface area contributed by atoms with Crippen LogP contribution >= 0.6 is 27.3 Å². The molecule has 5 heteroatoms. The van der Waals surface area contributed by atoms with Crippen molar-refractivity contribution in [3.63, 3.8) is 0 Å². The summed E-state index contributed by atoms with van der Waals surface area (Å²) in [7, 11) is 0. The molecule has 0 fully saturated rings. The van der Waals surface area contributed by atoms with Crippen molar-refractivity contribution in [2.75, 3.05) is 0 Å². The third-order valence-corrected chi connectivity index (χ3v) is 3.65. The van der Waals surface area contributed by atoms with E-state index in [0.29, 0.717) is 6.54 Å². The van der Waals surface area contributed by atoms with Gasteiger partial charge in [0.05, 0.1) is 6.54 Å². The van der Waals surface area contributed by atoms with Crippen molar-refractivity contribution in [1.82, 2.24) is 9.55 Å². The lowest BCUT2D eigenvalue weighted by Crippen LogP contribution is -2.19. The molecule has 0 atom stereocenters. The average Bonchev–Trinajstić information content (AvgIpc) is 2.67. The summed E-state index contributed by atoms with van der Waals surface area (Å²) in [5.41, 5.74) is 0.960. The summed E-state index contributed by atoms with van der Waals surface area (Å²) in [5, 5.41) is 2.84. The Labute approximate surface area is 99.5 Å². The van der Waals surface area contributed by atoms with Gasteiger partial charge in [0, 0.05) is 28.3 Å². The number of rotatable bonds is 2. The molecule has 2 aromatic heterocycles. The number of aryl methyl sites for hydroxylation is 1. The third-order valence-electron chi connectivity index (χ3n) is 2.06. The number of nitrogens with zero attached hydrogens (tertiary/aromatic N) is 2. The van der Waals surface area contributed by atoms with Crippen LogP contribution in [0.2, 0.25) is 0 Å². The molecule has 0 bridgehead atoms.